The van der Waals surface area contributed by atoms with Gasteiger partial charge in [0.05, 0.1) is 18.2 Å². The molecule has 0 aromatic carbocycles. The quantitative estimate of drug-likeness (QED) is 0.755. The maximum Gasteiger partial charge on any atom is 0.232 e. The number of Topliss-reactive ketones (excluding diaryl/α,β-unsaturated/α-hetero) is 1. The van der Waals surface area contributed by atoms with Crippen molar-refractivity contribution in [2.45, 2.75) is 6.92 Å². The molecule has 5 nitrogen and oxygen atoms in total. The standard InChI is InChI=1S/C10H10N2O3/c1-5(13)9-8(11)6-3-4-7(14-2)12-10(6)15-9/h3-4H,11H2,1-2H3. The van der Waals surface area contributed by atoms with Crippen LogP contribution in [0.4, 0.5) is 5.69 Å². The van der Waals surface area contributed by atoms with Gasteiger partial charge in [-0.3, -0.25) is 4.79 Å². The van der Waals surface area contributed by atoms with E-state index in [2.05, 4.69) is 4.98 Å². The number of furan rings is 1. The number of hydrogen-bond acceptors (Lipinski definition) is 5. The van der Waals surface area contributed by atoms with E-state index in [1.54, 1.807) is 12.1 Å². The molecule has 0 atom stereocenters. The number of fused-ring (bicyclic) bond motifs is 1. The number of rotatable bonds is 2. The molecule has 0 bridgehead atoms. The fraction of sp³-hybridized carbons (Fsp3) is 0.200. The van der Waals surface area contributed by atoms with Crippen molar-refractivity contribution in [1.29, 1.82) is 0 Å². The molecular formula is C10H10N2O3. The summed E-state index contributed by atoms with van der Waals surface area (Å²) in [6.45, 7) is 1.39. The molecule has 78 valence electrons. The lowest BCUT2D eigenvalue weighted by molar-refractivity contribution is 0.0990. The van der Waals surface area contributed by atoms with Crippen molar-refractivity contribution >= 4 is 22.6 Å². The Kier molecular flexibility index (Phi) is 2.07. The Bertz CT molecular complexity index is 531. The smallest absolute Gasteiger partial charge is 0.232 e. The van der Waals surface area contributed by atoms with E-state index in [-0.39, 0.29) is 11.5 Å². The Balaban J connectivity index is 2.70. The maximum absolute atomic E-state index is 11.2. The highest BCUT2D eigenvalue weighted by molar-refractivity contribution is 6.04. The molecule has 2 heterocycles. The molecule has 0 aliphatic heterocycles. The zero-order chi connectivity index (χ0) is 11.0. The van der Waals surface area contributed by atoms with E-state index in [4.69, 9.17) is 14.9 Å². The average molecular weight is 206 g/mol. The molecule has 0 amide bonds. The van der Waals surface area contributed by atoms with Crippen LogP contribution >= 0.6 is 0 Å². The molecule has 0 saturated carbocycles. The SMILES string of the molecule is COc1ccc2c(N)c(C(C)=O)oc2n1. The molecule has 0 saturated heterocycles. The van der Waals surface area contributed by atoms with Gasteiger partial charge < -0.3 is 14.9 Å². The molecule has 5 heteroatoms. The molecule has 2 rings (SSSR count). The highest BCUT2D eigenvalue weighted by Crippen LogP contribution is 2.28. The fourth-order valence-electron chi connectivity index (χ4n) is 1.36. The van der Waals surface area contributed by atoms with E-state index in [0.29, 0.717) is 22.7 Å². The average Bonchev–Trinajstić information content (AvgIpc) is 2.55. The fourth-order valence-corrected chi connectivity index (χ4v) is 1.36. The van der Waals surface area contributed by atoms with Gasteiger partial charge in [-0.1, -0.05) is 0 Å². The number of hydrogen-bond donors (Lipinski definition) is 1. The molecule has 0 radical (unpaired) electrons. The normalized spacial score (nSPS) is 10.5. The van der Waals surface area contributed by atoms with Gasteiger partial charge in [-0.2, -0.15) is 4.98 Å². The molecule has 2 aromatic heterocycles. The number of methoxy groups -OCH3 is 1. The topological polar surface area (TPSA) is 78.4 Å². The third-order valence-corrected chi connectivity index (χ3v) is 2.10. The van der Waals surface area contributed by atoms with Crippen LogP contribution < -0.4 is 10.5 Å². The highest BCUT2D eigenvalue weighted by Gasteiger charge is 2.16. The van der Waals surface area contributed by atoms with Crippen LogP contribution in [0.2, 0.25) is 0 Å². The monoisotopic (exact) mass is 206 g/mol. The van der Waals surface area contributed by atoms with Gasteiger partial charge in [0.25, 0.3) is 0 Å². The minimum atomic E-state index is -0.218. The number of nitrogens with zero attached hydrogens (tertiary/aromatic N) is 1. The van der Waals surface area contributed by atoms with Crippen molar-refractivity contribution in [3.8, 4) is 5.88 Å². The lowest BCUT2D eigenvalue weighted by Gasteiger charge is -1.95. The Labute approximate surface area is 85.8 Å². The summed E-state index contributed by atoms with van der Waals surface area (Å²) in [6, 6.07) is 3.38. The van der Waals surface area contributed by atoms with Crippen LogP contribution in [0.1, 0.15) is 17.5 Å². The summed E-state index contributed by atoms with van der Waals surface area (Å²) in [7, 11) is 1.51. The van der Waals surface area contributed by atoms with Gasteiger partial charge in [0, 0.05) is 13.0 Å². The largest absolute Gasteiger partial charge is 0.481 e. The van der Waals surface area contributed by atoms with Crippen molar-refractivity contribution in [2.75, 3.05) is 12.8 Å². The van der Waals surface area contributed by atoms with Crippen molar-refractivity contribution in [3.05, 3.63) is 17.9 Å². The van der Waals surface area contributed by atoms with Gasteiger partial charge in [0.1, 0.15) is 0 Å². The summed E-state index contributed by atoms with van der Waals surface area (Å²) >= 11 is 0. The molecule has 0 aliphatic carbocycles. The Morgan fingerprint density at radius 3 is 2.87 bits per heavy atom. The number of nitrogen functional groups attached to an aromatic ring is 1. The molecular weight excluding hydrogens is 196 g/mol. The number of carbonyl (C=O) groups is 1. The minimum Gasteiger partial charge on any atom is -0.481 e. The predicted molar refractivity (Wildman–Crippen MR) is 55.0 cm³/mol. The van der Waals surface area contributed by atoms with Gasteiger partial charge in [-0.05, 0) is 6.07 Å². The molecule has 2 aromatic rings. The van der Waals surface area contributed by atoms with Gasteiger partial charge in [-0.25, -0.2) is 0 Å². The molecule has 0 unspecified atom stereocenters. The lowest BCUT2D eigenvalue weighted by Crippen LogP contribution is -1.94. The molecule has 15 heavy (non-hydrogen) atoms. The summed E-state index contributed by atoms with van der Waals surface area (Å²) in [5.74, 6) is 0.349. The third kappa shape index (κ3) is 1.41. The lowest BCUT2D eigenvalue weighted by atomic mass is 10.2. The first kappa shape index (κ1) is 9.51. The summed E-state index contributed by atoms with van der Waals surface area (Å²) < 4.78 is 10.2. The number of aromatic nitrogens is 1. The van der Waals surface area contributed by atoms with Crippen LogP contribution in [0, 0.1) is 0 Å². The molecule has 2 N–H and O–H groups in total. The Hall–Kier alpha value is -2.04. The summed E-state index contributed by atoms with van der Waals surface area (Å²) in [5.41, 5.74) is 6.38. The summed E-state index contributed by atoms with van der Waals surface area (Å²) in [6.07, 6.45) is 0. The van der Waals surface area contributed by atoms with E-state index < -0.39 is 0 Å². The number of anilines is 1. The second-order valence-electron chi connectivity index (χ2n) is 3.11. The first-order chi connectivity index (χ1) is 7.13. The van der Waals surface area contributed by atoms with Gasteiger partial charge in [-0.15, -0.1) is 0 Å². The second-order valence-corrected chi connectivity index (χ2v) is 3.11. The van der Waals surface area contributed by atoms with E-state index >= 15 is 0 Å². The number of ether oxygens (including phenoxy) is 1. The van der Waals surface area contributed by atoms with Crippen molar-refractivity contribution < 1.29 is 13.9 Å². The molecule has 0 spiro atoms. The zero-order valence-electron chi connectivity index (χ0n) is 8.40. The van der Waals surface area contributed by atoms with Crippen molar-refractivity contribution in [1.82, 2.24) is 4.98 Å². The number of pyridine rings is 1. The first-order valence-electron chi connectivity index (χ1n) is 4.37. The van der Waals surface area contributed by atoms with E-state index in [9.17, 15) is 4.79 Å². The Morgan fingerprint density at radius 2 is 2.27 bits per heavy atom. The minimum absolute atomic E-state index is 0.144. The second kappa shape index (κ2) is 3.27. The van der Waals surface area contributed by atoms with Crippen LogP contribution in [0.3, 0.4) is 0 Å². The number of nitrogens with two attached hydrogens (primary N) is 1. The van der Waals surface area contributed by atoms with Crippen LogP contribution in [-0.4, -0.2) is 17.9 Å². The van der Waals surface area contributed by atoms with Crippen LogP contribution in [-0.2, 0) is 0 Å². The number of carbonyl (C=O) groups excluding carboxylic acids is 1. The van der Waals surface area contributed by atoms with E-state index in [0.717, 1.165) is 0 Å². The van der Waals surface area contributed by atoms with Gasteiger partial charge in [0.2, 0.25) is 11.6 Å². The summed E-state index contributed by atoms with van der Waals surface area (Å²) in [5, 5.41) is 0.626. The summed E-state index contributed by atoms with van der Waals surface area (Å²) in [4.78, 5) is 15.2. The van der Waals surface area contributed by atoms with Crippen LogP contribution in [0.15, 0.2) is 16.5 Å². The molecule has 0 aliphatic rings. The zero-order valence-corrected chi connectivity index (χ0v) is 8.40. The van der Waals surface area contributed by atoms with Gasteiger partial charge in [0.15, 0.2) is 11.5 Å². The van der Waals surface area contributed by atoms with Crippen molar-refractivity contribution in [2.24, 2.45) is 0 Å². The first-order valence-corrected chi connectivity index (χ1v) is 4.37. The van der Waals surface area contributed by atoms with Crippen molar-refractivity contribution in [3.63, 3.8) is 0 Å². The Morgan fingerprint density at radius 1 is 1.53 bits per heavy atom. The maximum atomic E-state index is 11.2. The third-order valence-electron chi connectivity index (χ3n) is 2.10. The predicted octanol–water partition coefficient (Wildman–Crippen LogP) is 1.62. The van der Waals surface area contributed by atoms with Crippen LogP contribution in [0.25, 0.3) is 11.1 Å². The van der Waals surface area contributed by atoms with Crippen LogP contribution in [0.5, 0.6) is 5.88 Å². The highest BCUT2D eigenvalue weighted by atomic mass is 16.5. The number of ketones is 1. The van der Waals surface area contributed by atoms with E-state index in [1.165, 1.54) is 14.0 Å². The van der Waals surface area contributed by atoms with E-state index in [1.807, 2.05) is 0 Å². The van der Waals surface area contributed by atoms with Gasteiger partial charge >= 0.3 is 0 Å². The molecule has 0 fully saturated rings.